The summed E-state index contributed by atoms with van der Waals surface area (Å²) in [7, 11) is 1.30. The molecule has 3 N–H and O–H groups in total. The summed E-state index contributed by atoms with van der Waals surface area (Å²) in [5, 5.41) is 8.79. The van der Waals surface area contributed by atoms with Crippen molar-refractivity contribution in [3.63, 3.8) is 0 Å². The van der Waals surface area contributed by atoms with E-state index < -0.39 is 6.09 Å². The molecule has 0 saturated heterocycles. The first-order valence-electron chi connectivity index (χ1n) is 9.19. The quantitative estimate of drug-likeness (QED) is 0.670. The van der Waals surface area contributed by atoms with Crippen molar-refractivity contribution in [2.24, 2.45) is 5.41 Å². The van der Waals surface area contributed by atoms with E-state index in [1.165, 1.54) is 7.11 Å². The molecule has 2 amide bonds. The van der Waals surface area contributed by atoms with Crippen molar-refractivity contribution in [2.45, 2.75) is 33.7 Å². The Labute approximate surface area is 165 Å². The first-order valence-corrected chi connectivity index (χ1v) is 9.19. The monoisotopic (exact) mass is 384 g/mol. The van der Waals surface area contributed by atoms with Crippen molar-refractivity contribution >= 4 is 23.5 Å². The average Bonchev–Trinajstić information content (AvgIpc) is 2.65. The number of rotatable bonds is 7. The van der Waals surface area contributed by atoms with Crippen LogP contribution in [0.3, 0.4) is 0 Å². The third-order valence-electron chi connectivity index (χ3n) is 4.06. The third kappa shape index (κ3) is 6.90. The van der Waals surface area contributed by atoms with Gasteiger partial charge in [0.25, 0.3) is 5.91 Å². The molecule has 0 spiro atoms. The summed E-state index contributed by atoms with van der Waals surface area (Å²) in [5.74, 6) is 0.300. The number of aromatic nitrogens is 1. The van der Waals surface area contributed by atoms with E-state index in [0.717, 1.165) is 17.7 Å². The molecule has 7 heteroatoms. The van der Waals surface area contributed by atoms with Crippen LogP contribution in [0.5, 0.6) is 0 Å². The Morgan fingerprint density at radius 3 is 2.61 bits per heavy atom. The van der Waals surface area contributed by atoms with Crippen LogP contribution in [-0.4, -0.2) is 30.6 Å². The van der Waals surface area contributed by atoms with Gasteiger partial charge in [0.1, 0.15) is 5.82 Å². The largest absolute Gasteiger partial charge is 0.453 e. The highest BCUT2D eigenvalue weighted by Crippen LogP contribution is 2.19. The van der Waals surface area contributed by atoms with Gasteiger partial charge >= 0.3 is 6.09 Å². The summed E-state index contributed by atoms with van der Waals surface area (Å²) < 4.78 is 4.57. The maximum absolute atomic E-state index is 12.5. The topological polar surface area (TPSA) is 92.4 Å². The van der Waals surface area contributed by atoms with Crippen LogP contribution < -0.4 is 16.0 Å². The van der Waals surface area contributed by atoms with Crippen LogP contribution >= 0.6 is 0 Å². The van der Waals surface area contributed by atoms with Crippen LogP contribution in [0.4, 0.5) is 16.3 Å². The van der Waals surface area contributed by atoms with Gasteiger partial charge < -0.3 is 15.4 Å². The molecule has 1 aromatic carbocycles. The number of anilines is 2. The molecule has 0 aliphatic carbocycles. The Morgan fingerprint density at radius 2 is 1.89 bits per heavy atom. The minimum atomic E-state index is -0.574. The highest BCUT2D eigenvalue weighted by molar-refractivity contribution is 5.99. The van der Waals surface area contributed by atoms with Gasteiger partial charge in [0, 0.05) is 25.0 Å². The fourth-order valence-corrected chi connectivity index (χ4v) is 2.49. The fraction of sp³-hybridized carbons (Fsp3) is 0.381. The number of carbonyl (C=O) groups is 2. The zero-order chi connectivity index (χ0) is 20.6. The first-order chi connectivity index (χ1) is 13.3. The number of benzene rings is 1. The number of amides is 2. The minimum Gasteiger partial charge on any atom is -0.453 e. The Morgan fingerprint density at radius 1 is 1.14 bits per heavy atom. The molecule has 0 aliphatic rings. The lowest BCUT2D eigenvalue weighted by Crippen LogP contribution is -2.28. The van der Waals surface area contributed by atoms with Gasteiger partial charge in [-0.05, 0) is 41.7 Å². The van der Waals surface area contributed by atoms with Crippen LogP contribution in [0.1, 0.15) is 43.1 Å². The molecule has 0 unspecified atom stereocenters. The summed E-state index contributed by atoms with van der Waals surface area (Å²) in [6.07, 6.45) is 1.93. The number of ether oxygens (including phenoxy) is 1. The van der Waals surface area contributed by atoms with Gasteiger partial charge in [-0.2, -0.15) is 0 Å². The molecular formula is C21H28N4O3. The second kappa shape index (κ2) is 9.73. The van der Waals surface area contributed by atoms with E-state index >= 15 is 0 Å². The lowest BCUT2D eigenvalue weighted by Gasteiger charge is -2.18. The second-order valence-electron chi connectivity index (χ2n) is 7.63. The minimum absolute atomic E-state index is 0.102. The molecular weight excluding hydrogens is 356 g/mol. The molecule has 1 heterocycles. The number of hydrogen-bond acceptors (Lipinski definition) is 5. The standard InChI is InChI=1S/C21H28N4O3/c1-21(2,3)10-12-23-19(26)16-7-5-6-8-17(16)24-14-15-9-11-22-18(13-15)25-20(27)28-4/h5-9,11,13,24H,10,12,14H2,1-4H3,(H,23,26)(H,22,25,27). The SMILES string of the molecule is COC(=O)Nc1cc(CNc2ccccc2C(=O)NCCC(C)(C)C)ccn1. The summed E-state index contributed by atoms with van der Waals surface area (Å²) in [4.78, 5) is 27.9. The number of pyridine rings is 1. The second-order valence-corrected chi connectivity index (χ2v) is 7.63. The summed E-state index contributed by atoms with van der Waals surface area (Å²) in [6.45, 7) is 7.54. The van der Waals surface area contributed by atoms with Gasteiger partial charge in [0.05, 0.1) is 12.7 Å². The lowest BCUT2D eigenvalue weighted by molar-refractivity contribution is 0.0950. The molecule has 0 fully saturated rings. The maximum atomic E-state index is 12.5. The highest BCUT2D eigenvalue weighted by atomic mass is 16.5. The molecule has 28 heavy (non-hydrogen) atoms. The third-order valence-corrected chi connectivity index (χ3v) is 4.06. The maximum Gasteiger partial charge on any atom is 0.412 e. The van der Waals surface area contributed by atoms with Crippen molar-refractivity contribution in [3.05, 3.63) is 53.7 Å². The lowest BCUT2D eigenvalue weighted by atomic mass is 9.92. The van der Waals surface area contributed by atoms with E-state index in [9.17, 15) is 9.59 Å². The van der Waals surface area contributed by atoms with Crippen molar-refractivity contribution in [1.82, 2.24) is 10.3 Å². The van der Waals surface area contributed by atoms with E-state index in [2.05, 4.69) is 46.4 Å². The summed E-state index contributed by atoms with van der Waals surface area (Å²) in [6, 6.07) is 11.0. The summed E-state index contributed by atoms with van der Waals surface area (Å²) >= 11 is 0. The highest BCUT2D eigenvalue weighted by Gasteiger charge is 2.13. The van der Waals surface area contributed by atoms with Gasteiger partial charge in [-0.25, -0.2) is 9.78 Å². The smallest absolute Gasteiger partial charge is 0.412 e. The van der Waals surface area contributed by atoms with Crippen LogP contribution in [0.15, 0.2) is 42.6 Å². The Hall–Kier alpha value is -3.09. The number of para-hydroxylation sites is 1. The summed E-state index contributed by atoms with van der Waals surface area (Å²) in [5.41, 5.74) is 2.42. The molecule has 1 aromatic heterocycles. The van der Waals surface area contributed by atoms with E-state index in [1.54, 1.807) is 18.3 Å². The molecule has 2 rings (SSSR count). The van der Waals surface area contributed by atoms with Crippen LogP contribution in [-0.2, 0) is 11.3 Å². The van der Waals surface area contributed by atoms with Crippen molar-refractivity contribution in [3.8, 4) is 0 Å². The Balaban J connectivity index is 2.00. The van der Waals surface area contributed by atoms with E-state index in [0.29, 0.717) is 24.5 Å². The molecule has 0 aliphatic heterocycles. The number of nitrogens with zero attached hydrogens (tertiary/aromatic N) is 1. The molecule has 0 bridgehead atoms. The van der Waals surface area contributed by atoms with Gasteiger partial charge in [0.2, 0.25) is 0 Å². The first kappa shape index (κ1) is 21.2. The van der Waals surface area contributed by atoms with Gasteiger partial charge in [-0.3, -0.25) is 10.1 Å². The number of carbonyl (C=O) groups excluding carboxylic acids is 2. The van der Waals surface area contributed by atoms with E-state index in [-0.39, 0.29) is 11.3 Å². The van der Waals surface area contributed by atoms with E-state index in [1.807, 2.05) is 24.3 Å². The molecule has 2 aromatic rings. The molecule has 0 radical (unpaired) electrons. The molecule has 0 saturated carbocycles. The number of methoxy groups -OCH3 is 1. The predicted molar refractivity (Wildman–Crippen MR) is 110 cm³/mol. The molecule has 0 atom stereocenters. The van der Waals surface area contributed by atoms with Crippen molar-refractivity contribution in [1.29, 1.82) is 0 Å². The van der Waals surface area contributed by atoms with Gasteiger partial charge in [-0.15, -0.1) is 0 Å². The van der Waals surface area contributed by atoms with Crippen LogP contribution in [0.25, 0.3) is 0 Å². The predicted octanol–water partition coefficient (Wildman–Crippen LogP) is 4.04. The van der Waals surface area contributed by atoms with Gasteiger partial charge in [0.15, 0.2) is 0 Å². The Bertz CT molecular complexity index is 815. The Kier molecular flexibility index (Phi) is 7.37. The van der Waals surface area contributed by atoms with Crippen molar-refractivity contribution < 1.29 is 14.3 Å². The van der Waals surface area contributed by atoms with Gasteiger partial charge in [-0.1, -0.05) is 32.9 Å². The molecule has 7 nitrogen and oxygen atoms in total. The van der Waals surface area contributed by atoms with E-state index in [4.69, 9.17) is 0 Å². The number of hydrogen-bond donors (Lipinski definition) is 3. The average molecular weight is 384 g/mol. The van der Waals surface area contributed by atoms with Crippen molar-refractivity contribution in [2.75, 3.05) is 24.3 Å². The normalized spacial score (nSPS) is 10.9. The zero-order valence-electron chi connectivity index (χ0n) is 16.8. The van der Waals surface area contributed by atoms with Crippen LogP contribution in [0.2, 0.25) is 0 Å². The number of nitrogens with one attached hydrogen (secondary N) is 3. The van der Waals surface area contributed by atoms with Crippen LogP contribution in [0, 0.1) is 5.41 Å². The fourth-order valence-electron chi connectivity index (χ4n) is 2.49. The molecule has 150 valence electrons. The zero-order valence-corrected chi connectivity index (χ0v) is 16.8.